The Morgan fingerprint density at radius 1 is 1.19 bits per heavy atom. The van der Waals surface area contributed by atoms with Crippen molar-refractivity contribution in [1.82, 2.24) is 19.3 Å². The molecule has 5 rings (SSSR count). The quantitative estimate of drug-likeness (QED) is 0.576. The Bertz CT molecular complexity index is 1170. The Morgan fingerprint density at radius 2 is 2.00 bits per heavy atom. The summed E-state index contributed by atoms with van der Waals surface area (Å²) in [4.78, 5) is 4.89. The first-order valence-corrected chi connectivity index (χ1v) is 8.97. The fourth-order valence-electron chi connectivity index (χ4n) is 4.01. The van der Waals surface area contributed by atoms with Crippen molar-refractivity contribution < 1.29 is 5.11 Å². The highest BCUT2D eigenvalue weighted by Crippen LogP contribution is 2.43. The topological polar surface area (TPSA) is 81.9 Å². The van der Waals surface area contributed by atoms with Crippen LogP contribution in [0, 0.1) is 6.92 Å². The number of fused-ring (bicyclic) bond motifs is 2. The van der Waals surface area contributed by atoms with Gasteiger partial charge in [-0.3, -0.25) is 4.68 Å². The lowest BCUT2D eigenvalue weighted by Crippen LogP contribution is -2.15. The summed E-state index contributed by atoms with van der Waals surface area (Å²) < 4.78 is 3.75. The van der Waals surface area contributed by atoms with E-state index in [1.165, 1.54) is 6.42 Å². The summed E-state index contributed by atoms with van der Waals surface area (Å²) in [5, 5.41) is 16.7. The minimum atomic E-state index is 0.236. The van der Waals surface area contributed by atoms with Crippen LogP contribution >= 0.6 is 0 Å². The van der Waals surface area contributed by atoms with E-state index in [1.807, 2.05) is 53.8 Å². The molecule has 0 unspecified atom stereocenters. The van der Waals surface area contributed by atoms with Crippen molar-refractivity contribution in [2.45, 2.75) is 32.2 Å². The van der Waals surface area contributed by atoms with E-state index < -0.39 is 0 Å². The maximum absolute atomic E-state index is 10.7. The first kappa shape index (κ1) is 15.3. The number of rotatable bonds is 2. The normalized spacial score (nSPS) is 15.0. The molecule has 0 amide bonds. The number of aryl methyl sites for hydroxylation is 2. The zero-order valence-electron chi connectivity index (χ0n) is 14.9. The largest absolute Gasteiger partial charge is 0.494 e. The Kier molecular flexibility index (Phi) is 3.07. The van der Waals surface area contributed by atoms with Gasteiger partial charge in [-0.15, -0.1) is 0 Å². The van der Waals surface area contributed by atoms with Crippen molar-refractivity contribution in [1.29, 1.82) is 0 Å². The van der Waals surface area contributed by atoms with Crippen molar-refractivity contribution in [2.75, 3.05) is 5.73 Å². The van der Waals surface area contributed by atoms with E-state index in [0.29, 0.717) is 17.1 Å². The molecule has 1 aromatic carbocycles. The number of hydrogen-bond donors (Lipinski definition) is 2. The summed E-state index contributed by atoms with van der Waals surface area (Å²) in [5.41, 5.74) is 11.7. The standard InChI is InChI=1S/C20H21N5O/c1-11-15(9-24(2)23-11)13-7-4-8-14-18(21)17-16(22-19(13)14)10-25(20(17)26)12-5-3-6-12/h4,7-10,12,26H,3,5-6,21H2,1-2H3. The fourth-order valence-corrected chi connectivity index (χ4v) is 4.01. The summed E-state index contributed by atoms with van der Waals surface area (Å²) in [6.07, 6.45) is 7.33. The summed E-state index contributed by atoms with van der Waals surface area (Å²) in [7, 11) is 1.92. The number of hydrogen-bond acceptors (Lipinski definition) is 4. The number of pyridine rings is 1. The molecule has 1 saturated carbocycles. The average molecular weight is 347 g/mol. The van der Waals surface area contributed by atoms with Gasteiger partial charge in [0.1, 0.15) is 0 Å². The lowest BCUT2D eigenvalue weighted by atomic mass is 9.93. The van der Waals surface area contributed by atoms with Crippen molar-refractivity contribution >= 4 is 27.5 Å². The summed E-state index contributed by atoms with van der Waals surface area (Å²) in [6, 6.07) is 6.35. The molecule has 3 heterocycles. The number of nitrogen functional groups attached to an aromatic ring is 1. The van der Waals surface area contributed by atoms with Gasteiger partial charge in [0, 0.05) is 42.0 Å². The number of nitrogens with zero attached hydrogens (tertiary/aromatic N) is 4. The molecule has 0 atom stereocenters. The van der Waals surface area contributed by atoms with Gasteiger partial charge in [0.15, 0.2) is 0 Å². The summed E-state index contributed by atoms with van der Waals surface area (Å²) in [5.74, 6) is 0.236. The molecule has 1 aliphatic rings. The Hall–Kier alpha value is -3.02. The van der Waals surface area contributed by atoms with Gasteiger partial charge >= 0.3 is 0 Å². The van der Waals surface area contributed by atoms with Gasteiger partial charge in [-0.2, -0.15) is 5.10 Å². The predicted molar refractivity (Wildman–Crippen MR) is 103 cm³/mol. The lowest BCUT2D eigenvalue weighted by molar-refractivity contribution is 0.283. The fraction of sp³-hybridized carbons (Fsp3) is 0.300. The minimum absolute atomic E-state index is 0.236. The Morgan fingerprint density at radius 3 is 2.65 bits per heavy atom. The van der Waals surface area contributed by atoms with Crippen LogP contribution in [-0.2, 0) is 7.05 Å². The molecule has 26 heavy (non-hydrogen) atoms. The molecule has 3 aromatic heterocycles. The van der Waals surface area contributed by atoms with Gasteiger partial charge in [0.25, 0.3) is 0 Å². The number of benzene rings is 1. The molecule has 0 aliphatic heterocycles. The third-order valence-electron chi connectivity index (χ3n) is 5.59. The molecule has 1 aliphatic carbocycles. The van der Waals surface area contributed by atoms with Crippen LogP contribution in [0.15, 0.2) is 30.6 Å². The monoisotopic (exact) mass is 347 g/mol. The van der Waals surface area contributed by atoms with Crippen LogP contribution in [0.3, 0.4) is 0 Å². The second-order valence-corrected chi connectivity index (χ2v) is 7.23. The molecule has 4 aromatic rings. The van der Waals surface area contributed by atoms with Crippen LogP contribution in [0.2, 0.25) is 0 Å². The Labute approximate surface area is 150 Å². The van der Waals surface area contributed by atoms with Crippen molar-refractivity contribution in [3.8, 4) is 17.0 Å². The van der Waals surface area contributed by atoms with E-state index in [4.69, 9.17) is 10.7 Å². The molecule has 1 fully saturated rings. The highest BCUT2D eigenvalue weighted by Gasteiger charge is 2.25. The molecule has 6 heteroatoms. The third-order valence-corrected chi connectivity index (χ3v) is 5.59. The van der Waals surface area contributed by atoms with Crippen LogP contribution < -0.4 is 5.73 Å². The molecule has 0 saturated heterocycles. The molecule has 6 nitrogen and oxygen atoms in total. The molecular weight excluding hydrogens is 326 g/mol. The van der Waals surface area contributed by atoms with E-state index in [2.05, 4.69) is 5.10 Å². The Balaban J connectivity index is 1.83. The van der Waals surface area contributed by atoms with Crippen molar-refractivity contribution in [3.63, 3.8) is 0 Å². The first-order valence-electron chi connectivity index (χ1n) is 8.97. The van der Waals surface area contributed by atoms with E-state index in [1.54, 1.807) is 0 Å². The highest BCUT2D eigenvalue weighted by molar-refractivity contribution is 6.12. The SMILES string of the molecule is Cc1nn(C)cc1-c1cccc2c(N)c3c(O)n(C4CCC4)cc3nc12. The van der Waals surface area contributed by atoms with Gasteiger partial charge in [-0.25, -0.2) is 4.98 Å². The zero-order valence-corrected chi connectivity index (χ0v) is 14.9. The van der Waals surface area contributed by atoms with Gasteiger partial charge in [0.05, 0.1) is 27.8 Å². The van der Waals surface area contributed by atoms with Gasteiger partial charge in [-0.1, -0.05) is 18.2 Å². The smallest absolute Gasteiger partial charge is 0.203 e. The molecule has 0 bridgehead atoms. The molecule has 0 spiro atoms. The maximum atomic E-state index is 10.7. The molecule has 132 valence electrons. The van der Waals surface area contributed by atoms with Crippen LogP contribution in [0.4, 0.5) is 5.69 Å². The lowest BCUT2D eigenvalue weighted by Gasteiger charge is -2.27. The van der Waals surface area contributed by atoms with Crippen LogP contribution in [0.25, 0.3) is 32.9 Å². The highest BCUT2D eigenvalue weighted by atomic mass is 16.3. The van der Waals surface area contributed by atoms with Crippen LogP contribution in [0.5, 0.6) is 5.88 Å². The zero-order chi connectivity index (χ0) is 18.0. The van der Waals surface area contributed by atoms with Gasteiger partial charge in [-0.05, 0) is 26.2 Å². The van der Waals surface area contributed by atoms with Gasteiger partial charge < -0.3 is 15.4 Å². The number of aromatic nitrogens is 4. The van der Waals surface area contributed by atoms with E-state index in [-0.39, 0.29) is 5.88 Å². The maximum Gasteiger partial charge on any atom is 0.203 e. The number of aromatic hydroxyl groups is 1. The second-order valence-electron chi connectivity index (χ2n) is 7.23. The second kappa shape index (κ2) is 5.24. The van der Waals surface area contributed by atoms with E-state index in [9.17, 15) is 5.11 Å². The molecule has 3 N–H and O–H groups in total. The van der Waals surface area contributed by atoms with Crippen molar-refractivity contribution in [2.24, 2.45) is 7.05 Å². The van der Waals surface area contributed by atoms with Crippen LogP contribution in [-0.4, -0.2) is 24.4 Å². The van der Waals surface area contributed by atoms with E-state index >= 15 is 0 Å². The first-order chi connectivity index (χ1) is 12.5. The van der Waals surface area contributed by atoms with E-state index in [0.717, 1.165) is 46.1 Å². The number of nitrogens with two attached hydrogens (primary N) is 1. The number of para-hydroxylation sites is 1. The predicted octanol–water partition coefficient (Wildman–Crippen LogP) is 3.91. The minimum Gasteiger partial charge on any atom is -0.494 e. The third kappa shape index (κ3) is 1.98. The van der Waals surface area contributed by atoms with Crippen molar-refractivity contribution in [3.05, 3.63) is 36.3 Å². The molecular formula is C20H21N5O. The summed E-state index contributed by atoms with van der Waals surface area (Å²) in [6.45, 7) is 1.99. The average Bonchev–Trinajstić information content (AvgIpc) is 3.05. The van der Waals surface area contributed by atoms with Crippen LogP contribution in [0.1, 0.15) is 31.0 Å². The van der Waals surface area contributed by atoms with Gasteiger partial charge in [0.2, 0.25) is 5.88 Å². The number of anilines is 1. The molecule has 0 radical (unpaired) electrons. The summed E-state index contributed by atoms with van der Waals surface area (Å²) >= 11 is 0.